The molecule has 0 aromatic carbocycles. The van der Waals surface area contributed by atoms with Gasteiger partial charge in [0.05, 0.1) is 0 Å². The normalized spacial score (nSPS) is 38.6. The largest absolute Gasteiger partial charge is 0.422 e. The summed E-state index contributed by atoms with van der Waals surface area (Å²) in [5.41, 5.74) is -1.77. The van der Waals surface area contributed by atoms with E-state index in [9.17, 15) is 17.6 Å². The highest BCUT2D eigenvalue weighted by Gasteiger charge is 2.68. The summed E-state index contributed by atoms with van der Waals surface area (Å²) in [6.07, 6.45) is -3.11. The number of halogens is 4. The maximum absolute atomic E-state index is 12.9. The summed E-state index contributed by atoms with van der Waals surface area (Å²) >= 11 is 0. The zero-order valence-electron chi connectivity index (χ0n) is 6.38. The number of alkyl halides is 4. The smallest absolute Gasteiger partial charge is 0.354 e. The Hall–Kier alpha value is -0.840. The summed E-state index contributed by atoms with van der Waals surface area (Å²) in [7, 11) is 0. The lowest BCUT2D eigenvalue weighted by Crippen LogP contribution is -2.39. The molecule has 0 spiro atoms. The first kappa shape index (κ1) is 8.74. The molecule has 1 heterocycles. The van der Waals surface area contributed by atoms with Crippen LogP contribution in [-0.2, 0) is 4.74 Å². The maximum Gasteiger partial charge on any atom is 0.422 e. The van der Waals surface area contributed by atoms with E-state index in [0.29, 0.717) is 0 Å². The highest BCUT2D eigenvalue weighted by atomic mass is 19.4. The SMILES string of the molecule is FC(C(F)(F)F)C12C=CC=CC1O2. The first-order valence-corrected chi connectivity index (χ1v) is 3.71. The van der Waals surface area contributed by atoms with Gasteiger partial charge in [-0.15, -0.1) is 0 Å². The maximum atomic E-state index is 12.9. The molecule has 0 aromatic rings. The van der Waals surface area contributed by atoms with Crippen molar-refractivity contribution in [3.05, 3.63) is 24.3 Å². The van der Waals surface area contributed by atoms with E-state index >= 15 is 0 Å². The molecule has 0 aromatic heterocycles. The number of allylic oxidation sites excluding steroid dienone is 2. The monoisotopic (exact) mass is 194 g/mol. The third kappa shape index (κ3) is 1.18. The average molecular weight is 194 g/mol. The Morgan fingerprint density at radius 1 is 1.31 bits per heavy atom. The Kier molecular flexibility index (Phi) is 1.58. The highest BCUT2D eigenvalue weighted by Crippen LogP contribution is 2.49. The van der Waals surface area contributed by atoms with Crippen LogP contribution in [0.25, 0.3) is 0 Å². The number of rotatable bonds is 1. The van der Waals surface area contributed by atoms with Gasteiger partial charge in [-0.05, 0) is 6.08 Å². The lowest BCUT2D eigenvalue weighted by Gasteiger charge is -2.17. The average Bonchev–Trinajstić information content (AvgIpc) is 2.76. The molecule has 5 heteroatoms. The van der Waals surface area contributed by atoms with E-state index in [4.69, 9.17) is 0 Å². The first-order chi connectivity index (χ1) is 5.97. The molecular weight excluding hydrogens is 188 g/mol. The van der Waals surface area contributed by atoms with Gasteiger partial charge in [0.15, 0.2) is 5.60 Å². The van der Waals surface area contributed by atoms with Crippen LogP contribution >= 0.6 is 0 Å². The van der Waals surface area contributed by atoms with Gasteiger partial charge in [0, 0.05) is 0 Å². The molecule has 0 bridgehead atoms. The van der Waals surface area contributed by atoms with Crippen LogP contribution in [0, 0.1) is 0 Å². The highest BCUT2D eigenvalue weighted by molar-refractivity contribution is 5.34. The molecule has 0 saturated carbocycles. The number of epoxide rings is 1. The number of hydrogen-bond acceptors (Lipinski definition) is 1. The van der Waals surface area contributed by atoms with Crippen molar-refractivity contribution in [3.63, 3.8) is 0 Å². The second kappa shape index (κ2) is 2.35. The fraction of sp³-hybridized carbons (Fsp3) is 0.500. The van der Waals surface area contributed by atoms with E-state index in [-0.39, 0.29) is 0 Å². The van der Waals surface area contributed by atoms with Crippen molar-refractivity contribution < 1.29 is 22.3 Å². The summed E-state index contributed by atoms with van der Waals surface area (Å²) in [5, 5.41) is 0. The zero-order valence-corrected chi connectivity index (χ0v) is 6.38. The fourth-order valence-corrected chi connectivity index (χ4v) is 1.42. The van der Waals surface area contributed by atoms with E-state index in [0.717, 1.165) is 6.08 Å². The van der Waals surface area contributed by atoms with Crippen LogP contribution in [0.15, 0.2) is 24.3 Å². The molecule has 0 amide bonds. The third-order valence-electron chi connectivity index (χ3n) is 2.16. The van der Waals surface area contributed by atoms with Gasteiger partial charge < -0.3 is 4.74 Å². The Morgan fingerprint density at radius 2 is 2.00 bits per heavy atom. The predicted molar refractivity (Wildman–Crippen MR) is 36.8 cm³/mol. The second-order valence-corrected chi connectivity index (χ2v) is 3.04. The molecule has 0 N–H and O–H groups in total. The number of fused-ring (bicyclic) bond motifs is 1. The van der Waals surface area contributed by atoms with Crippen LogP contribution in [0.4, 0.5) is 17.6 Å². The molecule has 1 nitrogen and oxygen atoms in total. The molecule has 2 aliphatic rings. The Labute approximate surface area is 71.7 Å². The molecule has 1 aliphatic carbocycles. The molecule has 13 heavy (non-hydrogen) atoms. The summed E-state index contributed by atoms with van der Waals surface area (Å²) < 4.78 is 53.5. The van der Waals surface area contributed by atoms with Crippen molar-refractivity contribution in [1.82, 2.24) is 0 Å². The molecule has 1 saturated heterocycles. The van der Waals surface area contributed by atoms with E-state index < -0.39 is 24.1 Å². The van der Waals surface area contributed by atoms with Gasteiger partial charge in [0.1, 0.15) is 6.10 Å². The fourth-order valence-electron chi connectivity index (χ4n) is 1.42. The van der Waals surface area contributed by atoms with Gasteiger partial charge in [0.25, 0.3) is 0 Å². The van der Waals surface area contributed by atoms with Crippen LogP contribution in [0.1, 0.15) is 0 Å². The molecule has 72 valence electrons. The van der Waals surface area contributed by atoms with Crippen molar-refractivity contribution in [1.29, 1.82) is 0 Å². The summed E-state index contributed by atoms with van der Waals surface area (Å²) in [6, 6.07) is 0. The van der Waals surface area contributed by atoms with Crippen LogP contribution in [0.2, 0.25) is 0 Å². The molecule has 3 atom stereocenters. The van der Waals surface area contributed by atoms with Gasteiger partial charge in [-0.3, -0.25) is 0 Å². The lowest BCUT2D eigenvalue weighted by atomic mass is 9.95. The summed E-state index contributed by atoms with van der Waals surface area (Å²) in [4.78, 5) is 0. The van der Waals surface area contributed by atoms with Crippen molar-refractivity contribution in [2.24, 2.45) is 0 Å². The lowest BCUT2D eigenvalue weighted by molar-refractivity contribution is -0.192. The molecule has 2 rings (SSSR count). The van der Waals surface area contributed by atoms with E-state index in [1.807, 2.05) is 0 Å². The van der Waals surface area contributed by atoms with Gasteiger partial charge in [0.2, 0.25) is 6.17 Å². The van der Waals surface area contributed by atoms with Crippen LogP contribution in [0.3, 0.4) is 0 Å². The standard InChI is InChI=1S/C8H6F4O/c9-6(8(10,11)12)7-4-2-1-3-5(7)13-7/h1-6H. The molecule has 1 fully saturated rings. The molecule has 0 radical (unpaired) electrons. The van der Waals surface area contributed by atoms with Crippen LogP contribution < -0.4 is 0 Å². The van der Waals surface area contributed by atoms with Gasteiger partial charge in [-0.25, -0.2) is 4.39 Å². The minimum atomic E-state index is -4.86. The van der Waals surface area contributed by atoms with Crippen molar-refractivity contribution in [2.75, 3.05) is 0 Å². The van der Waals surface area contributed by atoms with Gasteiger partial charge in [-0.2, -0.15) is 13.2 Å². The van der Waals surface area contributed by atoms with Crippen molar-refractivity contribution >= 4 is 0 Å². The van der Waals surface area contributed by atoms with Crippen molar-refractivity contribution in [3.8, 4) is 0 Å². The number of hydrogen-bond donors (Lipinski definition) is 0. The Balaban J connectivity index is 2.20. The first-order valence-electron chi connectivity index (χ1n) is 3.71. The Bertz CT molecular complexity index is 280. The zero-order chi connectivity index (χ0) is 9.69. The minimum absolute atomic E-state index is 0.755. The second-order valence-electron chi connectivity index (χ2n) is 3.04. The summed E-state index contributed by atoms with van der Waals surface area (Å²) in [6.45, 7) is 0. The summed E-state index contributed by atoms with van der Waals surface area (Å²) in [5.74, 6) is 0. The Morgan fingerprint density at radius 3 is 2.54 bits per heavy atom. The third-order valence-corrected chi connectivity index (χ3v) is 2.16. The van der Waals surface area contributed by atoms with Crippen LogP contribution in [0.5, 0.6) is 0 Å². The van der Waals surface area contributed by atoms with E-state index in [2.05, 4.69) is 4.74 Å². The van der Waals surface area contributed by atoms with Crippen molar-refractivity contribution in [2.45, 2.75) is 24.1 Å². The number of ether oxygens (including phenoxy) is 1. The quantitative estimate of drug-likeness (QED) is 0.460. The van der Waals surface area contributed by atoms with Gasteiger partial charge >= 0.3 is 6.18 Å². The van der Waals surface area contributed by atoms with Gasteiger partial charge in [-0.1, -0.05) is 18.2 Å². The van der Waals surface area contributed by atoms with Crippen LogP contribution in [-0.4, -0.2) is 24.1 Å². The molecule has 3 unspecified atom stereocenters. The predicted octanol–water partition coefficient (Wildman–Crippen LogP) is 2.15. The topological polar surface area (TPSA) is 12.5 Å². The van der Waals surface area contributed by atoms with E-state index in [1.165, 1.54) is 12.2 Å². The van der Waals surface area contributed by atoms with E-state index in [1.54, 1.807) is 6.08 Å². The minimum Gasteiger partial charge on any atom is -0.354 e. The molecular formula is C8H6F4O. The molecule has 1 aliphatic heterocycles.